The molecule has 1 rings (SSSR count). The molecule has 0 aliphatic heterocycles. The molecule has 0 aliphatic rings. The number of nitrogens with one attached hydrogen (secondary N) is 1. The van der Waals surface area contributed by atoms with E-state index >= 15 is 0 Å². The monoisotopic (exact) mass is 278 g/mol. The minimum Gasteiger partial charge on any atom is -0.445 e. The highest BCUT2D eigenvalue weighted by atomic mass is 16.5. The predicted octanol–water partition coefficient (Wildman–Crippen LogP) is 2.17. The van der Waals surface area contributed by atoms with Crippen LogP contribution in [0.2, 0.25) is 0 Å². The van der Waals surface area contributed by atoms with Crippen LogP contribution in [0.4, 0.5) is 4.79 Å². The van der Waals surface area contributed by atoms with Crippen LogP contribution >= 0.6 is 0 Å². The molecule has 5 heteroatoms. The molecule has 110 valence electrons. The highest BCUT2D eigenvalue weighted by Gasteiger charge is 2.07. The predicted molar refractivity (Wildman–Crippen MR) is 77.2 cm³/mol. The average Bonchev–Trinajstić information content (AvgIpc) is 2.49. The van der Waals surface area contributed by atoms with Crippen molar-refractivity contribution in [2.45, 2.75) is 26.4 Å². The van der Waals surface area contributed by atoms with Crippen molar-refractivity contribution in [1.29, 1.82) is 0 Å². The van der Waals surface area contributed by atoms with Crippen LogP contribution in [0, 0.1) is 0 Å². The Morgan fingerprint density at radius 2 is 1.95 bits per heavy atom. The number of benzene rings is 1. The fourth-order valence-corrected chi connectivity index (χ4v) is 1.57. The second-order valence-electron chi connectivity index (χ2n) is 4.50. The largest absolute Gasteiger partial charge is 0.445 e. The summed E-state index contributed by atoms with van der Waals surface area (Å²) in [5.74, 6) is 0.0898. The van der Waals surface area contributed by atoms with Crippen LogP contribution in [-0.4, -0.2) is 37.0 Å². The first-order valence-electron chi connectivity index (χ1n) is 6.82. The van der Waals surface area contributed by atoms with E-state index in [1.54, 1.807) is 11.9 Å². The summed E-state index contributed by atoms with van der Waals surface area (Å²) < 4.78 is 5.06. The number of nitrogens with zero attached hydrogens (tertiary/aromatic N) is 1. The summed E-state index contributed by atoms with van der Waals surface area (Å²) >= 11 is 0. The fourth-order valence-electron chi connectivity index (χ4n) is 1.57. The topological polar surface area (TPSA) is 58.6 Å². The Labute approximate surface area is 119 Å². The number of ether oxygens (including phenoxy) is 1. The van der Waals surface area contributed by atoms with Crippen molar-refractivity contribution < 1.29 is 14.3 Å². The molecule has 1 aromatic carbocycles. The van der Waals surface area contributed by atoms with Gasteiger partial charge in [0.15, 0.2) is 0 Å². The lowest BCUT2D eigenvalue weighted by molar-refractivity contribution is -0.129. The van der Waals surface area contributed by atoms with E-state index in [1.165, 1.54) is 0 Å². The molecule has 0 unspecified atom stereocenters. The Morgan fingerprint density at radius 3 is 2.60 bits per heavy atom. The molecule has 0 saturated heterocycles. The van der Waals surface area contributed by atoms with Crippen molar-refractivity contribution in [2.75, 3.05) is 20.1 Å². The van der Waals surface area contributed by atoms with Gasteiger partial charge in [0, 0.05) is 26.6 Å². The average molecular weight is 278 g/mol. The number of carbonyl (C=O) groups is 2. The van der Waals surface area contributed by atoms with Crippen molar-refractivity contribution in [2.24, 2.45) is 0 Å². The standard InChI is InChI=1S/C15H22N2O3/c1-3-17(2)14(18)10-7-11-16-15(19)20-12-13-8-5-4-6-9-13/h4-6,8-9H,3,7,10-12H2,1-2H3,(H,16,19). The molecule has 20 heavy (non-hydrogen) atoms. The number of hydrogen-bond donors (Lipinski definition) is 1. The van der Waals surface area contributed by atoms with Crippen LogP contribution < -0.4 is 5.32 Å². The molecule has 0 bridgehead atoms. The Kier molecular flexibility index (Phi) is 7.17. The summed E-state index contributed by atoms with van der Waals surface area (Å²) in [5, 5.41) is 2.63. The van der Waals surface area contributed by atoms with Crippen LogP contribution in [0.1, 0.15) is 25.3 Å². The van der Waals surface area contributed by atoms with Gasteiger partial charge in [-0.25, -0.2) is 4.79 Å². The lowest BCUT2D eigenvalue weighted by Gasteiger charge is -2.14. The molecule has 0 saturated carbocycles. The van der Waals surface area contributed by atoms with Gasteiger partial charge in [-0.3, -0.25) is 4.79 Å². The van der Waals surface area contributed by atoms with E-state index in [2.05, 4.69) is 5.32 Å². The zero-order valence-corrected chi connectivity index (χ0v) is 12.1. The summed E-state index contributed by atoms with van der Waals surface area (Å²) in [7, 11) is 1.77. The van der Waals surface area contributed by atoms with Gasteiger partial charge in [-0.05, 0) is 18.9 Å². The molecule has 5 nitrogen and oxygen atoms in total. The van der Waals surface area contributed by atoms with E-state index in [-0.39, 0.29) is 12.5 Å². The molecule has 0 aromatic heterocycles. The lowest BCUT2D eigenvalue weighted by atomic mass is 10.2. The maximum absolute atomic E-state index is 11.5. The summed E-state index contributed by atoms with van der Waals surface area (Å²) in [6, 6.07) is 9.49. The number of amides is 2. The third-order valence-electron chi connectivity index (χ3n) is 2.95. The van der Waals surface area contributed by atoms with Gasteiger partial charge in [-0.1, -0.05) is 30.3 Å². The summed E-state index contributed by atoms with van der Waals surface area (Å²) in [5.41, 5.74) is 0.947. The molecule has 0 heterocycles. The van der Waals surface area contributed by atoms with Crippen molar-refractivity contribution in [3.8, 4) is 0 Å². The van der Waals surface area contributed by atoms with Gasteiger partial charge in [0.1, 0.15) is 6.61 Å². The number of hydrogen-bond acceptors (Lipinski definition) is 3. The van der Waals surface area contributed by atoms with E-state index in [9.17, 15) is 9.59 Å². The first-order valence-corrected chi connectivity index (χ1v) is 6.82. The second-order valence-corrected chi connectivity index (χ2v) is 4.50. The van der Waals surface area contributed by atoms with E-state index < -0.39 is 6.09 Å². The fraction of sp³-hybridized carbons (Fsp3) is 0.467. The Morgan fingerprint density at radius 1 is 1.25 bits per heavy atom. The van der Waals surface area contributed by atoms with E-state index in [4.69, 9.17) is 4.74 Å². The summed E-state index contributed by atoms with van der Waals surface area (Å²) in [6.07, 6.45) is 0.595. The SMILES string of the molecule is CCN(C)C(=O)CCCNC(=O)OCc1ccccc1. The summed E-state index contributed by atoms with van der Waals surface area (Å²) in [6.45, 7) is 3.32. The van der Waals surface area contributed by atoms with Gasteiger partial charge in [0.05, 0.1) is 0 Å². The molecular weight excluding hydrogens is 256 g/mol. The minimum atomic E-state index is -0.454. The molecule has 1 N–H and O–H groups in total. The third-order valence-corrected chi connectivity index (χ3v) is 2.95. The number of rotatable bonds is 7. The van der Waals surface area contributed by atoms with E-state index in [1.807, 2.05) is 37.3 Å². The number of alkyl carbamates (subject to hydrolysis) is 1. The number of carbonyl (C=O) groups excluding carboxylic acids is 2. The smallest absolute Gasteiger partial charge is 0.407 e. The van der Waals surface area contributed by atoms with Crippen LogP contribution in [0.15, 0.2) is 30.3 Å². The van der Waals surface area contributed by atoms with Crippen LogP contribution in [-0.2, 0) is 16.1 Å². The van der Waals surface area contributed by atoms with Gasteiger partial charge in [0.25, 0.3) is 0 Å². The highest BCUT2D eigenvalue weighted by molar-refractivity contribution is 5.75. The van der Waals surface area contributed by atoms with Crippen molar-refractivity contribution >= 4 is 12.0 Å². The van der Waals surface area contributed by atoms with Crippen LogP contribution in [0.25, 0.3) is 0 Å². The maximum Gasteiger partial charge on any atom is 0.407 e. The third kappa shape index (κ3) is 6.22. The van der Waals surface area contributed by atoms with Crippen molar-refractivity contribution in [3.05, 3.63) is 35.9 Å². The van der Waals surface area contributed by atoms with E-state index in [0.717, 1.165) is 5.56 Å². The molecule has 0 radical (unpaired) electrons. The lowest BCUT2D eigenvalue weighted by Crippen LogP contribution is -2.29. The highest BCUT2D eigenvalue weighted by Crippen LogP contribution is 2.00. The minimum absolute atomic E-state index is 0.0898. The maximum atomic E-state index is 11.5. The summed E-state index contributed by atoms with van der Waals surface area (Å²) in [4.78, 5) is 24.6. The van der Waals surface area contributed by atoms with Crippen LogP contribution in [0.5, 0.6) is 0 Å². The van der Waals surface area contributed by atoms with Gasteiger partial charge >= 0.3 is 6.09 Å². The Balaban J connectivity index is 2.10. The van der Waals surface area contributed by atoms with Gasteiger partial charge < -0.3 is 15.0 Å². The van der Waals surface area contributed by atoms with Gasteiger partial charge in [-0.15, -0.1) is 0 Å². The molecule has 1 aromatic rings. The zero-order chi connectivity index (χ0) is 14.8. The quantitative estimate of drug-likeness (QED) is 0.778. The van der Waals surface area contributed by atoms with Crippen molar-refractivity contribution in [1.82, 2.24) is 10.2 Å². The zero-order valence-electron chi connectivity index (χ0n) is 12.1. The van der Waals surface area contributed by atoms with Gasteiger partial charge in [-0.2, -0.15) is 0 Å². The van der Waals surface area contributed by atoms with Gasteiger partial charge in [0.2, 0.25) is 5.91 Å². The molecule has 0 spiro atoms. The first-order chi connectivity index (χ1) is 9.63. The Bertz CT molecular complexity index is 420. The molecular formula is C15H22N2O3. The van der Waals surface area contributed by atoms with Crippen LogP contribution in [0.3, 0.4) is 0 Å². The second kappa shape index (κ2) is 8.96. The molecule has 0 aliphatic carbocycles. The van der Waals surface area contributed by atoms with Crippen molar-refractivity contribution in [3.63, 3.8) is 0 Å². The van der Waals surface area contributed by atoms with E-state index in [0.29, 0.717) is 25.9 Å². The Hall–Kier alpha value is -2.04. The first kappa shape index (κ1) is 16.0. The molecule has 0 atom stereocenters. The molecule has 0 fully saturated rings. The molecule has 2 amide bonds. The normalized spacial score (nSPS) is 9.90.